The number of likely N-dealkylation sites (tertiary alicyclic amines) is 1. The van der Waals surface area contributed by atoms with E-state index in [9.17, 15) is 14.0 Å². The zero-order valence-corrected chi connectivity index (χ0v) is 20.7. The number of carbonyl (C=O) groups is 2. The summed E-state index contributed by atoms with van der Waals surface area (Å²) < 4.78 is 13.4. The van der Waals surface area contributed by atoms with Gasteiger partial charge in [0.1, 0.15) is 11.5 Å². The summed E-state index contributed by atoms with van der Waals surface area (Å²) >= 11 is 0. The number of hydrogen-bond donors (Lipinski definition) is 2. The zero-order chi connectivity index (χ0) is 25.4. The van der Waals surface area contributed by atoms with Crippen LogP contribution in [-0.4, -0.2) is 63.4 Å². The first-order chi connectivity index (χ1) is 18.1. The molecular formula is C28H31FN6O2. The van der Waals surface area contributed by atoms with E-state index in [2.05, 4.69) is 33.5 Å². The molecule has 0 spiro atoms. The maximum absolute atomic E-state index is 13.4. The number of anilines is 1. The van der Waals surface area contributed by atoms with Crippen LogP contribution in [0.3, 0.4) is 0 Å². The van der Waals surface area contributed by atoms with E-state index in [1.807, 2.05) is 6.20 Å². The molecule has 6 rings (SSSR count). The quantitative estimate of drug-likeness (QED) is 0.376. The van der Waals surface area contributed by atoms with Gasteiger partial charge in [0.05, 0.1) is 0 Å². The molecule has 8 nitrogen and oxygen atoms in total. The molecule has 0 aromatic carbocycles. The number of fused-ring (bicyclic) bond motifs is 1. The fraction of sp³-hybridized carbons (Fsp3) is 0.429. The number of nitrogens with one attached hydrogen (secondary N) is 2. The van der Waals surface area contributed by atoms with Crippen molar-refractivity contribution < 1.29 is 14.0 Å². The minimum Gasteiger partial charge on any atom is -0.346 e. The van der Waals surface area contributed by atoms with E-state index in [1.165, 1.54) is 17.8 Å². The van der Waals surface area contributed by atoms with E-state index >= 15 is 0 Å². The van der Waals surface area contributed by atoms with E-state index in [4.69, 9.17) is 4.98 Å². The second kappa shape index (κ2) is 10.0. The zero-order valence-electron chi connectivity index (χ0n) is 20.7. The molecule has 9 heteroatoms. The van der Waals surface area contributed by atoms with Crippen molar-refractivity contribution in [2.75, 3.05) is 18.0 Å². The van der Waals surface area contributed by atoms with Crippen LogP contribution in [0.25, 0.3) is 16.6 Å². The van der Waals surface area contributed by atoms with Crippen molar-refractivity contribution >= 4 is 34.7 Å². The number of nitrogens with zero attached hydrogens (tertiary/aromatic N) is 4. The Morgan fingerprint density at radius 2 is 1.97 bits per heavy atom. The largest absolute Gasteiger partial charge is 0.346 e. The lowest BCUT2D eigenvalue weighted by molar-refractivity contribution is -0.107. The Labute approximate surface area is 215 Å². The number of piperidine rings is 1. The number of hydrogen-bond acceptors (Lipinski definition) is 5. The van der Waals surface area contributed by atoms with Crippen LogP contribution in [-0.2, 0) is 4.79 Å². The Morgan fingerprint density at radius 1 is 1.14 bits per heavy atom. The monoisotopic (exact) mass is 502 g/mol. The normalized spacial score (nSPS) is 20.6. The fourth-order valence-electron chi connectivity index (χ4n) is 5.63. The molecule has 192 valence electrons. The Balaban J connectivity index is 1.08. The number of amides is 2. The number of rotatable bonds is 7. The number of pyridine rings is 2. The molecule has 1 saturated carbocycles. The van der Waals surface area contributed by atoms with Gasteiger partial charge in [-0.05, 0) is 74.3 Å². The molecule has 1 unspecified atom stereocenters. The predicted molar refractivity (Wildman–Crippen MR) is 140 cm³/mol. The average molecular weight is 503 g/mol. The molecular weight excluding hydrogens is 471 g/mol. The topological polar surface area (TPSA) is 94.2 Å². The number of aromatic amines is 1. The Morgan fingerprint density at radius 3 is 2.68 bits per heavy atom. The summed E-state index contributed by atoms with van der Waals surface area (Å²) in [6.07, 6.45) is 13.2. The van der Waals surface area contributed by atoms with Crippen LogP contribution < -0.4 is 10.2 Å². The highest BCUT2D eigenvalue weighted by molar-refractivity contribution is 5.94. The van der Waals surface area contributed by atoms with E-state index in [0.717, 1.165) is 73.8 Å². The van der Waals surface area contributed by atoms with Crippen LogP contribution in [0.1, 0.15) is 60.9 Å². The van der Waals surface area contributed by atoms with Crippen molar-refractivity contribution in [3.05, 3.63) is 59.8 Å². The molecule has 1 aliphatic heterocycles. The van der Waals surface area contributed by atoms with Gasteiger partial charge in [-0.25, -0.2) is 9.97 Å². The lowest BCUT2D eigenvalue weighted by atomic mass is 9.89. The summed E-state index contributed by atoms with van der Waals surface area (Å²) in [4.78, 5) is 39.5. The van der Waals surface area contributed by atoms with Gasteiger partial charge in [0.2, 0.25) is 12.4 Å². The Bertz CT molecular complexity index is 1340. The highest BCUT2D eigenvalue weighted by Gasteiger charge is 2.31. The molecule has 1 saturated heterocycles. The van der Waals surface area contributed by atoms with Gasteiger partial charge in [-0.15, -0.1) is 0 Å². The molecule has 3 aliphatic rings. The molecule has 2 aliphatic carbocycles. The fourth-order valence-corrected chi connectivity index (χ4v) is 5.63. The lowest BCUT2D eigenvalue weighted by Gasteiger charge is -2.35. The molecule has 3 aromatic rings. The third-order valence-electron chi connectivity index (χ3n) is 7.82. The summed E-state index contributed by atoms with van der Waals surface area (Å²) in [5.74, 6) is -0.0386. The smallest absolute Gasteiger partial charge is 0.254 e. The van der Waals surface area contributed by atoms with Crippen molar-refractivity contribution in [2.24, 2.45) is 0 Å². The molecule has 1 atom stereocenters. The molecule has 2 fully saturated rings. The second-order valence-electron chi connectivity index (χ2n) is 10.3. The Hall–Kier alpha value is -3.59. The Kier molecular flexibility index (Phi) is 6.46. The van der Waals surface area contributed by atoms with E-state index in [1.54, 1.807) is 15.9 Å². The summed E-state index contributed by atoms with van der Waals surface area (Å²) in [6, 6.07) is 7.93. The van der Waals surface area contributed by atoms with Crippen LogP contribution in [0.15, 0.2) is 42.7 Å². The maximum atomic E-state index is 13.4. The van der Waals surface area contributed by atoms with Gasteiger partial charge in [-0.2, -0.15) is 4.39 Å². The number of aromatic nitrogens is 3. The summed E-state index contributed by atoms with van der Waals surface area (Å²) in [5.41, 5.74) is 3.63. The standard InChI is InChI=1S/C28H31FN6O2/c29-25-15-19(7-11-30-25)28(37)34-13-9-21(10-14-34)32-20-3-1-18(2-4-20)24-16-26(35(17-36)22-5-6-22)33-27-23(24)8-12-31-27/h1,7-8,11-12,15-17,20-22,32H,2-6,9-10,13-14H2,(H,31,33). The molecule has 0 radical (unpaired) electrons. The first-order valence-corrected chi connectivity index (χ1v) is 13.2. The van der Waals surface area contributed by atoms with E-state index in [-0.39, 0.29) is 11.9 Å². The first kappa shape index (κ1) is 23.8. The van der Waals surface area contributed by atoms with Gasteiger partial charge in [0.15, 0.2) is 0 Å². The SMILES string of the molecule is O=CN(c1cc(C2=CCC(NC3CCN(C(=O)c4ccnc(F)c4)CC3)CC2)c2cc[nH]c2n1)C1CC1. The molecule has 2 amide bonds. The summed E-state index contributed by atoms with van der Waals surface area (Å²) in [7, 11) is 0. The molecule has 4 heterocycles. The van der Waals surface area contributed by atoms with Gasteiger partial charge in [-0.1, -0.05) is 6.08 Å². The number of carbonyl (C=O) groups excluding carboxylic acids is 2. The number of halogens is 1. The number of H-pyrrole nitrogens is 1. The third-order valence-corrected chi connectivity index (χ3v) is 7.82. The van der Waals surface area contributed by atoms with Gasteiger partial charge < -0.3 is 15.2 Å². The van der Waals surface area contributed by atoms with Gasteiger partial charge >= 0.3 is 0 Å². The van der Waals surface area contributed by atoms with E-state index in [0.29, 0.717) is 30.7 Å². The van der Waals surface area contributed by atoms with Crippen LogP contribution in [0.5, 0.6) is 0 Å². The minimum absolute atomic E-state index is 0.132. The van der Waals surface area contributed by atoms with Crippen LogP contribution in [0.2, 0.25) is 0 Å². The predicted octanol–water partition coefficient (Wildman–Crippen LogP) is 4.05. The highest BCUT2D eigenvalue weighted by atomic mass is 19.1. The second-order valence-corrected chi connectivity index (χ2v) is 10.3. The summed E-state index contributed by atoms with van der Waals surface area (Å²) in [5, 5.41) is 4.90. The van der Waals surface area contributed by atoms with Crippen LogP contribution >= 0.6 is 0 Å². The highest BCUT2D eigenvalue weighted by Crippen LogP contribution is 2.36. The molecule has 37 heavy (non-hydrogen) atoms. The summed E-state index contributed by atoms with van der Waals surface area (Å²) in [6.45, 7) is 1.32. The average Bonchev–Trinajstić information content (AvgIpc) is 3.64. The van der Waals surface area contributed by atoms with E-state index < -0.39 is 5.95 Å². The van der Waals surface area contributed by atoms with Crippen LogP contribution in [0, 0.1) is 5.95 Å². The number of allylic oxidation sites excluding steroid dienone is 1. The van der Waals surface area contributed by atoms with Crippen molar-refractivity contribution in [2.45, 2.75) is 63.1 Å². The lowest BCUT2D eigenvalue weighted by Crippen LogP contribution is -2.48. The molecule has 2 N–H and O–H groups in total. The van der Waals surface area contributed by atoms with Crippen molar-refractivity contribution in [3.63, 3.8) is 0 Å². The van der Waals surface area contributed by atoms with Crippen molar-refractivity contribution in [3.8, 4) is 0 Å². The minimum atomic E-state index is -0.628. The van der Waals surface area contributed by atoms with Gasteiger partial charge in [0, 0.05) is 60.6 Å². The van der Waals surface area contributed by atoms with Gasteiger partial charge in [0.25, 0.3) is 5.91 Å². The molecule has 0 bridgehead atoms. The molecule has 3 aromatic heterocycles. The van der Waals surface area contributed by atoms with Crippen molar-refractivity contribution in [1.82, 2.24) is 25.2 Å². The first-order valence-electron chi connectivity index (χ1n) is 13.2. The van der Waals surface area contributed by atoms with Crippen molar-refractivity contribution in [1.29, 1.82) is 0 Å². The third kappa shape index (κ3) is 5.00. The van der Waals surface area contributed by atoms with Gasteiger partial charge in [-0.3, -0.25) is 14.5 Å². The van der Waals surface area contributed by atoms with Crippen LogP contribution in [0.4, 0.5) is 10.2 Å². The maximum Gasteiger partial charge on any atom is 0.254 e.